The number of rotatable bonds is 11. The van der Waals surface area contributed by atoms with Crippen LogP contribution in [0.3, 0.4) is 0 Å². The number of H-pyrrole nitrogens is 1. The molecule has 0 aliphatic carbocycles. The van der Waals surface area contributed by atoms with Crippen LogP contribution in [0.25, 0.3) is 22.4 Å². The third-order valence-corrected chi connectivity index (χ3v) is 10.5. The SMILES string of the molecule is O=C1CCC(n2c(=O)[nH]c3c(C#CCCCOCc4ccc(-n5cc(NC(=O)c6cnn7ccc(N8C[C@H]9C[C@@H]8CO9)nc67)c(C(F)F)n5)cc4)cccc32)C(=O)N1. The summed E-state index contributed by atoms with van der Waals surface area (Å²) in [5.41, 5.74) is 2.36. The first-order chi connectivity index (χ1) is 28.2. The number of carbonyl (C=O) groups excluding carboxylic acids is 3. The number of carbonyl (C=O) groups is 3. The topological polar surface area (TPSA) is 183 Å². The second-order valence-electron chi connectivity index (χ2n) is 14.3. The molecule has 18 heteroatoms. The Morgan fingerprint density at radius 2 is 1.98 bits per heavy atom. The number of nitrogens with one attached hydrogen (secondary N) is 3. The molecule has 2 aromatic carbocycles. The fraction of sp³-hybridized carbons (Fsp3) is 0.325. The van der Waals surface area contributed by atoms with Gasteiger partial charge in [0, 0.05) is 32.2 Å². The third-order valence-electron chi connectivity index (χ3n) is 10.5. The Morgan fingerprint density at radius 1 is 1.12 bits per heavy atom. The molecule has 296 valence electrons. The number of amides is 3. The maximum Gasteiger partial charge on any atom is 0.327 e. The minimum Gasteiger partial charge on any atom is -0.377 e. The molecule has 0 saturated carbocycles. The summed E-state index contributed by atoms with van der Waals surface area (Å²) in [4.78, 5) is 59.9. The largest absolute Gasteiger partial charge is 0.377 e. The maximum absolute atomic E-state index is 14.1. The first kappa shape index (κ1) is 36.9. The van der Waals surface area contributed by atoms with Crippen molar-refractivity contribution >= 4 is 45.9 Å². The van der Waals surface area contributed by atoms with Gasteiger partial charge in [-0.25, -0.2) is 27.8 Å². The molecule has 2 bridgehead atoms. The summed E-state index contributed by atoms with van der Waals surface area (Å²) in [5, 5.41) is 13.2. The number of halogens is 2. The van der Waals surface area contributed by atoms with Crippen molar-refractivity contribution in [1.82, 2.24) is 39.2 Å². The van der Waals surface area contributed by atoms with Crippen LogP contribution in [0.15, 0.2) is 71.9 Å². The molecule has 3 saturated heterocycles. The number of imide groups is 1. The van der Waals surface area contributed by atoms with Gasteiger partial charge in [-0.1, -0.05) is 30.0 Å². The fourth-order valence-electron chi connectivity index (χ4n) is 7.67. The van der Waals surface area contributed by atoms with Crippen LogP contribution in [0.4, 0.5) is 20.3 Å². The Labute approximate surface area is 328 Å². The van der Waals surface area contributed by atoms with Crippen molar-refractivity contribution in [3.8, 4) is 17.5 Å². The summed E-state index contributed by atoms with van der Waals surface area (Å²) < 4.78 is 43.9. The lowest BCUT2D eigenvalue weighted by Crippen LogP contribution is -2.43. The van der Waals surface area contributed by atoms with Crippen molar-refractivity contribution in [2.24, 2.45) is 0 Å². The minimum atomic E-state index is -2.94. The molecule has 3 N–H and O–H groups in total. The third kappa shape index (κ3) is 7.09. The second-order valence-corrected chi connectivity index (χ2v) is 14.3. The van der Waals surface area contributed by atoms with Crippen LogP contribution in [-0.2, 0) is 25.7 Å². The molecule has 58 heavy (non-hydrogen) atoms. The van der Waals surface area contributed by atoms with E-state index in [-0.39, 0.29) is 42.1 Å². The van der Waals surface area contributed by atoms with E-state index in [1.54, 1.807) is 48.7 Å². The number of morpholine rings is 1. The molecule has 3 aliphatic rings. The lowest BCUT2D eigenvalue weighted by molar-refractivity contribution is -0.135. The monoisotopic (exact) mass is 790 g/mol. The van der Waals surface area contributed by atoms with Crippen molar-refractivity contribution in [2.75, 3.05) is 30.0 Å². The molecule has 16 nitrogen and oxygen atoms in total. The zero-order valence-electron chi connectivity index (χ0n) is 30.9. The van der Waals surface area contributed by atoms with Crippen molar-refractivity contribution in [1.29, 1.82) is 0 Å². The maximum atomic E-state index is 14.1. The van der Waals surface area contributed by atoms with Gasteiger partial charge < -0.3 is 24.7 Å². The number of para-hydroxylation sites is 1. The second kappa shape index (κ2) is 15.3. The van der Waals surface area contributed by atoms with Crippen molar-refractivity contribution in [2.45, 2.75) is 63.3 Å². The van der Waals surface area contributed by atoms with Gasteiger partial charge in [-0.15, -0.1) is 0 Å². The van der Waals surface area contributed by atoms with E-state index in [0.29, 0.717) is 73.0 Å². The molecule has 4 aromatic heterocycles. The predicted molar refractivity (Wildman–Crippen MR) is 205 cm³/mol. The molecule has 0 spiro atoms. The normalized spacial score (nSPS) is 18.9. The number of hydrogen-bond donors (Lipinski definition) is 3. The van der Waals surface area contributed by atoms with Crippen molar-refractivity contribution in [3.05, 3.63) is 100.0 Å². The molecule has 1 unspecified atom stereocenters. The molecule has 0 radical (unpaired) electrons. The Bertz CT molecular complexity index is 2690. The van der Waals surface area contributed by atoms with E-state index in [1.165, 1.54) is 26.2 Å². The number of aromatic nitrogens is 7. The fourth-order valence-corrected chi connectivity index (χ4v) is 7.67. The van der Waals surface area contributed by atoms with E-state index in [4.69, 9.17) is 14.5 Å². The lowest BCUT2D eigenvalue weighted by Gasteiger charge is -2.27. The van der Waals surface area contributed by atoms with Crippen LogP contribution >= 0.6 is 0 Å². The van der Waals surface area contributed by atoms with Crippen molar-refractivity contribution in [3.63, 3.8) is 0 Å². The summed E-state index contributed by atoms with van der Waals surface area (Å²) >= 11 is 0. The van der Waals surface area contributed by atoms with Crippen LogP contribution in [0.5, 0.6) is 0 Å². The molecule has 3 aliphatic heterocycles. The Balaban J connectivity index is 0.793. The van der Waals surface area contributed by atoms with E-state index < -0.39 is 35.7 Å². The zero-order valence-corrected chi connectivity index (χ0v) is 30.9. The molecule has 3 fully saturated rings. The Morgan fingerprint density at radius 3 is 2.76 bits per heavy atom. The van der Waals surface area contributed by atoms with Crippen LogP contribution in [0, 0.1) is 11.8 Å². The van der Waals surface area contributed by atoms with E-state index >= 15 is 0 Å². The first-order valence-corrected chi connectivity index (χ1v) is 18.8. The number of unbranched alkanes of at least 4 members (excludes halogenated alkanes) is 1. The van der Waals surface area contributed by atoms with E-state index in [1.807, 2.05) is 6.07 Å². The predicted octanol–water partition coefficient (Wildman–Crippen LogP) is 4.05. The number of fused-ring (bicyclic) bond motifs is 4. The van der Waals surface area contributed by atoms with Gasteiger partial charge in [0.2, 0.25) is 11.8 Å². The van der Waals surface area contributed by atoms with Gasteiger partial charge in [0.15, 0.2) is 11.3 Å². The summed E-state index contributed by atoms with van der Waals surface area (Å²) in [7, 11) is 0. The molecule has 6 aromatic rings. The summed E-state index contributed by atoms with van der Waals surface area (Å²) in [6.45, 7) is 2.08. The number of ether oxygens (including phenoxy) is 2. The first-order valence-electron chi connectivity index (χ1n) is 18.8. The number of alkyl halides is 2. The molecule has 3 atom stereocenters. The zero-order chi connectivity index (χ0) is 39.9. The summed E-state index contributed by atoms with van der Waals surface area (Å²) in [5.74, 6) is 5.42. The van der Waals surface area contributed by atoms with Crippen LogP contribution in [-0.4, -0.2) is 83.6 Å². The van der Waals surface area contributed by atoms with E-state index in [2.05, 4.69) is 42.6 Å². The van der Waals surface area contributed by atoms with Gasteiger partial charge in [0.05, 0.1) is 65.7 Å². The summed E-state index contributed by atoms with van der Waals surface area (Å²) in [6.07, 6.45) is 4.15. The highest BCUT2D eigenvalue weighted by Crippen LogP contribution is 2.32. The van der Waals surface area contributed by atoms with E-state index in [0.717, 1.165) is 12.0 Å². The van der Waals surface area contributed by atoms with Gasteiger partial charge in [-0.05, 0) is 55.2 Å². The smallest absolute Gasteiger partial charge is 0.327 e. The van der Waals surface area contributed by atoms with Gasteiger partial charge in [0.1, 0.15) is 17.4 Å². The molecule has 7 heterocycles. The molecular weight excluding hydrogens is 754 g/mol. The number of benzene rings is 2. The van der Waals surface area contributed by atoms with Crippen LogP contribution in [0.2, 0.25) is 0 Å². The van der Waals surface area contributed by atoms with Crippen molar-refractivity contribution < 1.29 is 32.6 Å². The van der Waals surface area contributed by atoms with Crippen LogP contribution < -0.4 is 21.2 Å². The quantitative estimate of drug-likeness (QED) is 0.0984. The number of nitrogens with zero attached hydrogens (tertiary/aromatic N) is 7. The van der Waals surface area contributed by atoms with Gasteiger partial charge in [-0.2, -0.15) is 10.2 Å². The lowest BCUT2D eigenvalue weighted by atomic mass is 10.1. The standard InChI is InChI=1S/C40H36F2N10O6/c41-36(42)35-29(44-38(54)28-18-43-50-15-14-32(45-37(28)50)49-19-27-17-26(49)22-58-27)20-51(48-35)25-10-8-23(9-11-25)21-57-16-3-1-2-5-24-6-4-7-30-34(24)47-40(56)52(30)31-12-13-33(53)46-39(31)55/h4,6-11,14-15,18,20,26-27,31,36H,1,3,12-13,16-17,19,21-22H2,(H,44,54)(H,47,56)(H,46,53,55)/t26-,27-,31?/m1/s1. The number of aromatic amines is 1. The minimum absolute atomic E-state index is 0.129. The Kier molecular flexibility index (Phi) is 9.75. The highest BCUT2D eigenvalue weighted by atomic mass is 19.3. The van der Waals surface area contributed by atoms with Crippen LogP contribution in [0.1, 0.15) is 71.8 Å². The summed E-state index contributed by atoms with van der Waals surface area (Å²) in [6, 6.07) is 13.6. The highest BCUT2D eigenvalue weighted by Gasteiger charge is 2.40. The average molecular weight is 791 g/mol. The van der Waals surface area contributed by atoms with Gasteiger partial charge in [-0.3, -0.25) is 24.3 Å². The highest BCUT2D eigenvalue weighted by molar-refractivity contribution is 6.08. The Hall–Kier alpha value is -6.71. The number of hydrogen-bond acceptors (Lipinski definition) is 10. The van der Waals surface area contributed by atoms with Gasteiger partial charge in [0.25, 0.3) is 12.3 Å². The molecule has 3 amide bonds. The molecular formula is C40H36F2N10O6. The number of imidazole rings is 1. The average Bonchev–Trinajstić information content (AvgIpc) is 4.07. The number of piperidine rings is 1. The molecule has 9 rings (SSSR count). The van der Waals surface area contributed by atoms with Gasteiger partial charge >= 0.3 is 5.69 Å². The van der Waals surface area contributed by atoms with E-state index in [9.17, 15) is 28.0 Å². The number of anilines is 2.